The number of primary sulfonamides is 1. The van der Waals surface area contributed by atoms with Gasteiger partial charge in [-0.25, -0.2) is 23.5 Å². The van der Waals surface area contributed by atoms with Crippen LogP contribution in [0.15, 0.2) is 42.7 Å². The molecule has 0 aliphatic rings. The molecule has 116 valence electrons. The molecule has 1 aromatic carbocycles. The first-order valence-corrected chi connectivity index (χ1v) is 8.17. The van der Waals surface area contributed by atoms with E-state index in [0.717, 1.165) is 5.56 Å². The summed E-state index contributed by atoms with van der Waals surface area (Å²) in [5.41, 5.74) is 1.76. The third-order valence-electron chi connectivity index (χ3n) is 3.19. The first-order valence-electron chi connectivity index (χ1n) is 6.56. The number of aromatic nitrogens is 2. The fourth-order valence-electron chi connectivity index (χ4n) is 1.88. The molecule has 0 aliphatic carbocycles. The summed E-state index contributed by atoms with van der Waals surface area (Å²) in [6.07, 6.45) is 4.64. The number of benzene rings is 1. The molecule has 0 amide bonds. The van der Waals surface area contributed by atoms with Crippen LogP contribution in [0.25, 0.3) is 11.6 Å². The number of rotatable bonds is 5. The van der Waals surface area contributed by atoms with Gasteiger partial charge in [-0.3, -0.25) is 0 Å². The van der Waals surface area contributed by atoms with Crippen molar-refractivity contribution in [1.82, 2.24) is 9.97 Å². The van der Waals surface area contributed by atoms with E-state index in [9.17, 15) is 8.42 Å². The molecule has 7 heteroatoms. The van der Waals surface area contributed by atoms with E-state index >= 15 is 0 Å². The minimum atomic E-state index is -3.75. The SMILES string of the molecule is COc1cnc(C(=Cc2ccccc2)C(C)S(N)(=O)=O)cn1. The van der Waals surface area contributed by atoms with Gasteiger partial charge < -0.3 is 4.74 Å². The molecule has 0 fully saturated rings. The monoisotopic (exact) mass is 319 g/mol. The Morgan fingerprint density at radius 2 is 1.91 bits per heavy atom. The molecule has 0 bridgehead atoms. The highest BCUT2D eigenvalue weighted by Crippen LogP contribution is 2.24. The summed E-state index contributed by atoms with van der Waals surface area (Å²) < 4.78 is 28.4. The van der Waals surface area contributed by atoms with E-state index in [1.54, 1.807) is 6.08 Å². The van der Waals surface area contributed by atoms with E-state index in [-0.39, 0.29) is 0 Å². The number of nitrogens with zero attached hydrogens (tertiary/aromatic N) is 2. The molecule has 0 saturated carbocycles. The second-order valence-corrected chi connectivity index (χ2v) is 6.57. The van der Waals surface area contributed by atoms with Crippen LogP contribution in [-0.4, -0.2) is 30.7 Å². The van der Waals surface area contributed by atoms with Crippen LogP contribution in [0.4, 0.5) is 0 Å². The van der Waals surface area contributed by atoms with Gasteiger partial charge >= 0.3 is 0 Å². The molecular weight excluding hydrogens is 302 g/mol. The maximum absolute atomic E-state index is 11.7. The number of ether oxygens (including phenoxy) is 1. The van der Waals surface area contributed by atoms with Crippen LogP contribution < -0.4 is 9.88 Å². The van der Waals surface area contributed by atoms with Crippen LogP contribution in [0.1, 0.15) is 18.2 Å². The molecule has 1 heterocycles. The highest BCUT2D eigenvalue weighted by Gasteiger charge is 2.23. The number of nitrogens with two attached hydrogens (primary N) is 1. The molecule has 0 spiro atoms. The Bertz CT molecular complexity index is 756. The van der Waals surface area contributed by atoms with E-state index in [1.165, 1.54) is 26.4 Å². The summed E-state index contributed by atoms with van der Waals surface area (Å²) in [6, 6.07) is 9.35. The number of hydrogen-bond donors (Lipinski definition) is 1. The Kier molecular flexibility index (Phi) is 4.89. The van der Waals surface area contributed by atoms with Crippen molar-refractivity contribution < 1.29 is 13.2 Å². The molecular formula is C15H17N3O3S. The van der Waals surface area contributed by atoms with E-state index in [2.05, 4.69) is 9.97 Å². The topological polar surface area (TPSA) is 95.2 Å². The molecule has 1 atom stereocenters. The molecule has 0 aliphatic heterocycles. The Labute approximate surface area is 129 Å². The van der Waals surface area contributed by atoms with Gasteiger partial charge in [0.15, 0.2) is 0 Å². The molecule has 2 aromatic rings. The maximum Gasteiger partial charge on any atom is 0.232 e. The fraction of sp³-hybridized carbons (Fsp3) is 0.200. The lowest BCUT2D eigenvalue weighted by molar-refractivity contribution is 0.395. The minimum Gasteiger partial charge on any atom is -0.480 e. The molecule has 2 N–H and O–H groups in total. The van der Waals surface area contributed by atoms with Gasteiger partial charge in [0.1, 0.15) is 0 Å². The normalized spacial score (nSPS) is 13.7. The quantitative estimate of drug-likeness (QED) is 0.905. The van der Waals surface area contributed by atoms with Crippen molar-refractivity contribution in [3.63, 3.8) is 0 Å². The van der Waals surface area contributed by atoms with Gasteiger partial charge in [-0.2, -0.15) is 0 Å². The van der Waals surface area contributed by atoms with Crippen LogP contribution in [0.3, 0.4) is 0 Å². The molecule has 1 aromatic heterocycles. The number of sulfonamides is 1. The lowest BCUT2D eigenvalue weighted by atomic mass is 10.1. The predicted molar refractivity (Wildman–Crippen MR) is 85.5 cm³/mol. The molecule has 2 rings (SSSR count). The van der Waals surface area contributed by atoms with E-state index in [0.29, 0.717) is 17.1 Å². The largest absolute Gasteiger partial charge is 0.480 e. The Balaban J connectivity index is 2.52. The van der Waals surface area contributed by atoms with E-state index in [1.807, 2.05) is 30.3 Å². The highest BCUT2D eigenvalue weighted by molar-refractivity contribution is 7.90. The zero-order chi connectivity index (χ0) is 16.2. The fourth-order valence-corrected chi connectivity index (χ4v) is 2.42. The second-order valence-electron chi connectivity index (χ2n) is 4.69. The van der Waals surface area contributed by atoms with Gasteiger partial charge in [0, 0.05) is 0 Å². The number of methoxy groups -OCH3 is 1. The summed E-state index contributed by atoms with van der Waals surface area (Å²) in [7, 11) is -2.27. The maximum atomic E-state index is 11.7. The minimum absolute atomic E-state index is 0.353. The van der Waals surface area contributed by atoms with Crippen LogP contribution in [0, 0.1) is 0 Å². The third-order valence-corrected chi connectivity index (χ3v) is 4.43. The van der Waals surface area contributed by atoms with Crippen molar-refractivity contribution in [3.05, 3.63) is 54.0 Å². The molecule has 0 saturated heterocycles. The van der Waals surface area contributed by atoms with Gasteiger partial charge in [-0.1, -0.05) is 30.3 Å². The smallest absolute Gasteiger partial charge is 0.232 e. The van der Waals surface area contributed by atoms with Crippen molar-refractivity contribution in [3.8, 4) is 5.88 Å². The van der Waals surface area contributed by atoms with E-state index < -0.39 is 15.3 Å². The lowest BCUT2D eigenvalue weighted by Gasteiger charge is -2.14. The summed E-state index contributed by atoms with van der Waals surface area (Å²) in [5, 5.41) is 4.38. The molecule has 22 heavy (non-hydrogen) atoms. The standard InChI is InChI=1S/C15H17N3O3S/c1-11(22(16,19)20)13(8-12-6-4-3-5-7-12)14-9-18-15(21-2)10-17-14/h3-11H,1-2H3,(H2,16,19,20). The summed E-state index contributed by atoms with van der Waals surface area (Å²) in [5.74, 6) is 0.353. The first-order chi connectivity index (χ1) is 10.4. The number of hydrogen-bond acceptors (Lipinski definition) is 5. The lowest BCUT2D eigenvalue weighted by Crippen LogP contribution is -2.27. The highest BCUT2D eigenvalue weighted by atomic mass is 32.2. The van der Waals surface area contributed by atoms with Gasteiger partial charge in [-0.05, 0) is 24.1 Å². The van der Waals surface area contributed by atoms with Crippen LogP contribution in [0.5, 0.6) is 5.88 Å². The average Bonchev–Trinajstić information content (AvgIpc) is 2.52. The third kappa shape index (κ3) is 3.90. The van der Waals surface area contributed by atoms with E-state index in [4.69, 9.17) is 9.88 Å². The van der Waals surface area contributed by atoms with Gasteiger partial charge in [0.2, 0.25) is 15.9 Å². The average molecular weight is 319 g/mol. The van der Waals surface area contributed by atoms with Crippen molar-refractivity contribution in [2.75, 3.05) is 7.11 Å². The van der Waals surface area contributed by atoms with Crippen LogP contribution in [0.2, 0.25) is 0 Å². The molecule has 0 radical (unpaired) electrons. The Hall–Kier alpha value is -2.25. The zero-order valence-electron chi connectivity index (χ0n) is 12.3. The van der Waals surface area contributed by atoms with Gasteiger partial charge in [0.05, 0.1) is 30.4 Å². The van der Waals surface area contributed by atoms with Gasteiger partial charge in [0.25, 0.3) is 0 Å². The van der Waals surface area contributed by atoms with Crippen LogP contribution >= 0.6 is 0 Å². The van der Waals surface area contributed by atoms with Crippen molar-refractivity contribution in [2.45, 2.75) is 12.2 Å². The van der Waals surface area contributed by atoms with Crippen molar-refractivity contribution >= 4 is 21.7 Å². The van der Waals surface area contributed by atoms with Crippen molar-refractivity contribution in [1.29, 1.82) is 0 Å². The summed E-state index contributed by atoms with van der Waals surface area (Å²) in [4.78, 5) is 8.27. The Morgan fingerprint density at radius 1 is 1.23 bits per heavy atom. The van der Waals surface area contributed by atoms with Crippen LogP contribution in [-0.2, 0) is 10.0 Å². The summed E-state index contributed by atoms with van der Waals surface area (Å²) >= 11 is 0. The first kappa shape index (κ1) is 16.1. The Morgan fingerprint density at radius 3 is 2.41 bits per heavy atom. The predicted octanol–water partition coefficient (Wildman–Crippen LogP) is 1.70. The zero-order valence-corrected chi connectivity index (χ0v) is 13.1. The van der Waals surface area contributed by atoms with Crippen molar-refractivity contribution in [2.24, 2.45) is 5.14 Å². The molecule has 6 nitrogen and oxygen atoms in total. The summed E-state index contributed by atoms with van der Waals surface area (Å²) in [6.45, 7) is 1.52. The van der Waals surface area contributed by atoms with Gasteiger partial charge in [-0.15, -0.1) is 0 Å². The molecule has 1 unspecified atom stereocenters. The second kappa shape index (κ2) is 6.67.